The van der Waals surface area contributed by atoms with Gasteiger partial charge in [0.25, 0.3) is 0 Å². The first kappa shape index (κ1) is 12.6. The Morgan fingerprint density at radius 3 is 3.05 bits per heavy atom. The van der Waals surface area contributed by atoms with E-state index in [1.54, 1.807) is 23.3 Å². The van der Waals surface area contributed by atoms with Crippen LogP contribution in [0.3, 0.4) is 0 Å². The molecule has 6 heteroatoms. The average Bonchev–Trinajstić information content (AvgIpc) is 2.84. The third-order valence-corrected chi connectivity index (χ3v) is 3.06. The first-order valence-electron chi connectivity index (χ1n) is 6.04. The lowest BCUT2D eigenvalue weighted by Crippen LogP contribution is -1.92. The summed E-state index contributed by atoms with van der Waals surface area (Å²) in [5.74, 6) is 0. The molecule has 0 amide bonds. The van der Waals surface area contributed by atoms with E-state index in [0.29, 0.717) is 5.02 Å². The number of rotatable bonds is 3. The van der Waals surface area contributed by atoms with E-state index in [1.165, 1.54) is 0 Å². The summed E-state index contributed by atoms with van der Waals surface area (Å²) in [7, 11) is 1.87. The SMILES string of the molecule is Cn1cc(C=NNc2ccnc3cc(Cl)ccc23)cn1. The molecule has 0 aliphatic rings. The zero-order chi connectivity index (χ0) is 13.9. The van der Waals surface area contributed by atoms with Gasteiger partial charge in [0, 0.05) is 35.4 Å². The summed E-state index contributed by atoms with van der Waals surface area (Å²) in [6.07, 6.45) is 7.07. The number of aromatic nitrogens is 3. The van der Waals surface area contributed by atoms with Gasteiger partial charge in [0.1, 0.15) is 0 Å². The van der Waals surface area contributed by atoms with Crippen LogP contribution in [0.4, 0.5) is 5.69 Å². The van der Waals surface area contributed by atoms with E-state index in [9.17, 15) is 0 Å². The minimum Gasteiger partial charge on any atom is -0.278 e. The van der Waals surface area contributed by atoms with E-state index in [0.717, 1.165) is 22.2 Å². The zero-order valence-corrected chi connectivity index (χ0v) is 11.5. The molecule has 2 heterocycles. The van der Waals surface area contributed by atoms with Crippen molar-refractivity contribution in [2.45, 2.75) is 0 Å². The number of halogens is 1. The molecule has 20 heavy (non-hydrogen) atoms. The van der Waals surface area contributed by atoms with Crippen molar-refractivity contribution >= 4 is 34.4 Å². The van der Waals surface area contributed by atoms with Crippen LogP contribution in [0, 0.1) is 0 Å². The van der Waals surface area contributed by atoms with Crippen molar-refractivity contribution in [2.75, 3.05) is 5.43 Å². The number of hydrazone groups is 1. The van der Waals surface area contributed by atoms with Gasteiger partial charge in [0.2, 0.25) is 0 Å². The molecule has 5 nitrogen and oxygen atoms in total. The van der Waals surface area contributed by atoms with Crippen LogP contribution in [-0.2, 0) is 7.05 Å². The molecule has 1 aromatic carbocycles. The van der Waals surface area contributed by atoms with Crippen molar-refractivity contribution < 1.29 is 0 Å². The number of fused-ring (bicyclic) bond motifs is 1. The van der Waals surface area contributed by atoms with E-state index < -0.39 is 0 Å². The van der Waals surface area contributed by atoms with Gasteiger partial charge in [-0.25, -0.2) is 0 Å². The molecule has 0 saturated carbocycles. The molecule has 3 aromatic rings. The maximum absolute atomic E-state index is 5.96. The minimum absolute atomic E-state index is 0.668. The van der Waals surface area contributed by atoms with Crippen molar-refractivity contribution in [2.24, 2.45) is 12.1 Å². The lowest BCUT2D eigenvalue weighted by Gasteiger charge is -2.04. The highest BCUT2D eigenvalue weighted by atomic mass is 35.5. The summed E-state index contributed by atoms with van der Waals surface area (Å²) in [4.78, 5) is 4.28. The van der Waals surface area contributed by atoms with Crippen molar-refractivity contribution in [3.8, 4) is 0 Å². The summed E-state index contributed by atoms with van der Waals surface area (Å²) in [5.41, 5.74) is 5.66. The number of hydrogen-bond donors (Lipinski definition) is 1. The van der Waals surface area contributed by atoms with Crippen LogP contribution in [-0.4, -0.2) is 21.0 Å². The molecule has 0 radical (unpaired) electrons. The van der Waals surface area contributed by atoms with Crippen molar-refractivity contribution in [1.82, 2.24) is 14.8 Å². The predicted octanol–water partition coefficient (Wildman–Crippen LogP) is 3.07. The van der Waals surface area contributed by atoms with Gasteiger partial charge >= 0.3 is 0 Å². The molecule has 100 valence electrons. The Kier molecular flexibility index (Phi) is 3.35. The molecule has 2 aromatic heterocycles. The molecule has 0 saturated heterocycles. The fourth-order valence-electron chi connectivity index (χ4n) is 1.90. The molecule has 0 spiro atoms. The molecule has 0 aliphatic carbocycles. The molecule has 3 rings (SSSR count). The summed E-state index contributed by atoms with van der Waals surface area (Å²) in [6.45, 7) is 0. The quantitative estimate of drug-likeness (QED) is 0.594. The zero-order valence-electron chi connectivity index (χ0n) is 10.8. The summed E-state index contributed by atoms with van der Waals surface area (Å²) in [6, 6.07) is 7.46. The molecular weight excluding hydrogens is 274 g/mol. The van der Waals surface area contributed by atoms with Gasteiger partial charge in [-0.05, 0) is 24.3 Å². The van der Waals surface area contributed by atoms with E-state index >= 15 is 0 Å². The normalized spacial score (nSPS) is 11.3. The van der Waals surface area contributed by atoms with E-state index in [1.807, 2.05) is 37.5 Å². The second kappa shape index (κ2) is 5.30. The fourth-order valence-corrected chi connectivity index (χ4v) is 2.07. The molecule has 0 bridgehead atoms. The summed E-state index contributed by atoms with van der Waals surface area (Å²) >= 11 is 5.96. The average molecular weight is 286 g/mol. The van der Waals surface area contributed by atoms with Gasteiger partial charge in [-0.15, -0.1) is 0 Å². The second-order valence-electron chi connectivity index (χ2n) is 4.34. The third-order valence-electron chi connectivity index (χ3n) is 2.83. The number of nitrogens with one attached hydrogen (secondary N) is 1. The Bertz CT molecular complexity index is 778. The standard InChI is InChI=1S/C14H12ClN5/c1-20-9-10(8-18-20)7-17-19-13-4-5-16-14-6-11(15)2-3-12(13)14/h2-9H,1H3,(H,16,19). The number of benzene rings is 1. The topological polar surface area (TPSA) is 55.1 Å². The van der Waals surface area contributed by atoms with Gasteiger partial charge in [-0.1, -0.05) is 11.6 Å². The highest BCUT2D eigenvalue weighted by molar-refractivity contribution is 6.31. The van der Waals surface area contributed by atoms with Crippen LogP contribution in [0.25, 0.3) is 10.9 Å². The lowest BCUT2D eigenvalue weighted by atomic mass is 10.2. The summed E-state index contributed by atoms with van der Waals surface area (Å²) < 4.78 is 1.73. The second-order valence-corrected chi connectivity index (χ2v) is 4.77. The molecule has 0 atom stereocenters. The van der Waals surface area contributed by atoms with Gasteiger partial charge < -0.3 is 0 Å². The number of nitrogens with zero attached hydrogens (tertiary/aromatic N) is 4. The number of aryl methyl sites for hydroxylation is 1. The fraction of sp³-hybridized carbons (Fsp3) is 0.0714. The van der Waals surface area contributed by atoms with Crippen LogP contribution in [0.5, 0.6) is 0 Å². The van der Waals surface area contributed by atoms with Gasteiger partial charge in [0.05, 0.1) is 23.6 Å². The lowest BCUT2D eigenvalue weighted by molar-refractivity contribution is 0.767. The number of anilines is 1. The van der Waals surface area contributed by atoms with Gasteiger partial charge in [0.15, 0.2) is 0 Å². The first-order chi connectivity index (χ1) is 9.72. The maximum Gasteiger partial charge on any atom is 0.0738 e. The predicted molar refractivity (Wildman–Crippen MR) is 81.2 cm³/mol. The van der Waals surface area contributed by atoms with E-state index in [-0.39, 0.29) is 0 Å². The highest BCUT2D eigenvalue weighted by Crippen LogP contribution is 2.24. The smallest absolute Gasteiger partial charge is 0.0738 e. The van der Waals surface area contributed by atoms with Crippen LogP contribution in [0.1, 0.15) is 5.56 Å². The summed E-state index contributed by atoms with van der Waals surface area (Å²) in [5, 5.41) is 9.92. The maximum atomic E-state index is 5.96. The van der Waals surface area contributed by atoms with E-state index in [2.05, 4.69) is 20.6 Å². The number of hydrogen-bond acceptors (Lipinski definition) is 4. The third kappa shape index (κ3) is 2.62. The Morgan fingerprint density at radius 2 is 2.25 bits per heavy atom. The monoisotopic (exact) mass is 285 g/mol. The first-order valence-corrected chi connectivity index (χ1v) is 6.42. The Labute approximate surface area is 120 Å². The largest absolute Gasteiger partial charge is 0.278 e. The minimum atomic E-state index is 0.668. The van der Waals surface area contributed by atoms with Gasteiger partial charge in [-0.2, -0.15) is 10.2 Å². The van der Waals surface area contributed by atoms with Crippen LogP contribution < -0.4 is 5.43 Å². The van der Waals surface area contributed by atoms with Crippen molar-refractivity contribution in [3.63, 3.8) is 0 Å². The Balaban J connectivity index is 1.86. The number of pyridine rings is 1. The molecule has 1 N–H and O–H groups in total. The van der Waals surface area contributed by atoms with Crippen molar-refractivity contribution in [3.05, 3.63) is 53.4 Å². The molecule has 0 aliphatic heterocycles. The van der Waals surface area contributed by atoms with Crippen LogP contribution >= 0.6 is 11.6 Å². The highest BCUT2D eigenvalue weighted by Gasteiger charge is 2.01. The molecule has 0 fully saturated rings. The molecular formula is C14H12ClN5. The van der Waals surface area contributed by atoms with E-state index in [4.69, 9.17) is 11.6 Å². The van der Waals surface area contributed by atoms with Gasteiger partial charge in [-0.3, -0.25) is 15.1 Å². The van der Waals surface area contributed by atoms with Crippen molar-refractivity contribution in [1.29, 1.82) is 0 Å². The van der Waals surface area contributed by atoms with Crippen LogP contribution in [0.15, 0.2) is 48.0 Å². The molecule has 0 unspecified atom stereocenters. The van der Waals surface area contributed by atoms with Crippen LogP contribution in [0.2, 0.25) is 5.02 Å². The Morgan fingerprint density at radius 1 is 1.35 bits per heavy atom. The Hall–Kier alpha value is -2.40.